The molecule has 1 amide bonds. The van der Waals surface area contributed by atoms with Gasteiger partial charge in [0.2, 0.25) is 11.9 Å². The normalized spacial score (nSPS) is 24.9. The quantitative estimate of drug-likeness (QED) is 0.817. The van der Waals surface area contributed by atoms with Gasteiger partial charge < -0.3 is 14.5 Å². The van der Waals surface area contributed by atoms with Crippen LogP contribution in [0.3, 0.4) is 0 Å². The van der Waals surface area contributed by atoms with Gasteiger partial charge in [0.25, 0.3) is 0 Å². The number of hydrogen-bond acceptors (Lipinski definition) is 5. The third-order valence-corrected chi connectivity index (χ3v) is 5.88. The monoisotopic (exact) mass is 344 g/mol. The van der Waals surface area contributed by atoms with E-state index in [2.05, 4.69) is 16.8 Å². The minimum Gasteiger partial charge on any atom is -0.378 e. The molecular formula is C19H28N4O2. The van der Waals surface area contributed by atoms with Crippen molar-refractivity contribution in [2.24, 2.45) is 11.8 Å². The number of fused-ring (bicyclic) bond motifs is 1. The molecular weight excluding hydrogens is 316 g/mol. The van der Waals surface area contributed by atoms with E-state index in [9.17, 15) is 4.79 Å². The molecule has 1 atom stereocenters. The summed E-state index contributed by atoms with van der Waals surface area (Å²) in [5, 5.41) is 0. The van der Waals surface area contributed by atoms with Gasteiger partial charge in [0, 0.05) is 44.0 Å². The summed E-state index contributed by atoms with van der Waals surface area (Å²) >= 11 is 0. The standard InChI is InChI=1S/C19H28N4O2/c1-14-4-6-23(7-5-14)19-20-13-16-12-15(2-3-17(16)21-19)18(24)22-8-10-25-11-9-22/h13-15H,2-12H2,1H3. The van der Waals surface area contributed by atoms with E-state index >= 15 is 0 Å². The Morgan fingerprint density at radius 2 is 1.92 bits per heavy atom. The van der Waals surface area contributed by atoms with Gasteiger partial charge in [0.1, 0.15) is 0 Å². The highest BCUT2D eigenvalue weighted by Gasteiger charge is 2.30. The maximum atomic E-state index is 12.7. The topological polar surface area (TPSA) is 58.6 Å². The maximum Gasteiger partial charge on any atom is 0.226 e. The second-order valence-corrected chi connectivity index (χ2v) is 7.69. The van der Waals surface area contributed by atoms with Crippen molar-refractivity contribution in [2.75, 3.05) is 44.3 Å². The van der Waals surface area contributed by atoms with E-state index in [1.807, 2.05) is 11.1 Å². The first-order valence-corrected chi connectivity index (χ1v) is 9.67. The number of carbonyl (C=O) groups excluding carboxylic acids is 1. The van der Waals surface area contributed by atoms with Crippen molar-refractivity contribution in [3.8, 4) is 0 Å². The Balaban J connectivity index is 1.42. The number of rotatable bonds is 2. The number of aromatic nitrogens is 2. The van der Waals surface area contributed by atoms with E-state index < -0.39 is 0 Å². The lowest BCUT2D eigenvalue weighted by molar-refractivity contribution is -0.140. The van der Waals surface area contributed by atoms with Gasteiger partial charge in [-0.2, -0.15) is 0 Å². The van der Waals surface area contributed by atoms with Crippen molar-refractivity contribution >= 4 is 11.9 Å². The zero-order valence-electron chi connectivity index (χ0n) is 15.1. The van der Waals surface area contributed by atoms with Gasteiger partial charge in [-0.25, -0.2) is 9.97 Å². The Bertz CT molecular complexity index is 622. The summed E-state index contributed by atoms with van der Waals surface area (Å²) in [6, 6.07) is 0. The van der Waals surface area contributed by atoms with Crippen LogP contribution in [0.4, 0.5) is 5.95 Å². The number of morpholine rings is 1. The van der Waals surface area contributed by atoms with Gasteiger partial charge in [-0.3, -0.25) is 4.79 Å². The SMILES string of the molecule is CC1CCN(c2ncc3c(n2)CCC(C(=O)N2CCOCC2)C3)CC1. The fourth-order valence-electron chi connectivity index (χ4n) is 4.11. The molecule has 4 rings (SSSR count). The lowest BCUT2D eigenvalue weighted by atomic mass is 9.86. The maximum absolute atomic E-state index is 12.7. The Morgan fingerprint density at radius 3 is 2.68 bits per heavy atom. The molecule has 1 aliphatic carbocycles. The van der Waals surface area contributed by atoms with E-state index in [0.29, 0.717) is 13.2 Å². The first-order valence-electron chi connectivity index (χ1n) is 9.67. The minimum atomic E-state index is 0.0795. The van der Waals surface area contributed by atoms with Crippen molar-refractivity contribution < 1.29 is 9.53 Å². The molecule has 6 heteroatoms. The van der Waals surface area contributed by atoms with Crippen LogP contribution in [-0.4, -0.2) is 60.2 Å². The predicted octanol–water partition coefficient (Wildman–Crippen LogP) is 1.68. The van der Waals surface area contributed by atoms with Gasteiger partial charge in [-0.05, 0) is 43.6 Å². The van der Waals surface area contributed by atoms with Crippen LogP contribution >= 0.6 is 0 Å². The Hall–Kier alpha value is -1.69. The molecule has 0 saturated carbocycles. The van der Waals surface area contributed by atoms with Crippen LogP contribution in [0, 0.1) is 11.8 Å². The average molecular weight is 344 g/mol. The fraction of sp³-hybridized carbons (Fsp3) is 0.737. The highest BCUT2D eigenvalue weighted by Crippen LogP contribution is 2.28. The third kappa shape index (κ3) is 3.64. The number of ether oxygens (including phenoxy) is 1. The van der Waals surface area contributed by atoms with Crippen molar-refractivity contribution in [3.63, 3.8) is 0 Å². The number of hydrogen-bond donors (Lipinski definition) is 0. The molecule has 0 N–H and O–H groups in total. The molecule has 6 nitrogen and oxygen atoms in total. The molecule has 3 heterocycles. The Morgan fingerprint density at radius 1 is 1.16 bits per heavy atom. The van der Waals surface area contributed by atoms with E-state index in [1.54, 1.807) is 0 Å². The summed E-state index contributed by atoms with van der Waals surface area (Å²) in [5.41, 5.74) is 2.31. The average Bonchev–Trinajstić information content (AvgIpc) is 2.68. The summed E-state index contributed by atoms with van der Waals surface area (Å²) in [6.07, 6.45) is 6.97. The number of amides is 1. The molecule has 0 bridgehead atoms. The highest BCUT2D eigenvalue weighted by molar-refractivity contribution is 5.79. The molecule has 3 aliphatic rings. The van der Waals surface area contributed by atoms with Crippen LogP contribution in [0.5, 0.6) is 0 Å². The summed E-state index contributed by atoms with van der Waals surface area (Å²) in [4.78, 5) is 26.5. The number of aryl methyl sites for hydroxylation is 1. The molecule has 25 heavy (non-hydrogen) atoms. The zero-order chi connectivity index (χ0) is 17.2. The van der Waals surface area contributed by atoms with Crippen molar-refractivity contribution in [2.45, 2.75) is 39.0 Å². The van der Waals surface area contributed by atoms with E-state index in [0.717, 1.165) is 68.6 Å². The highest BCUT2D eigenvalue weighted by atomic mass is 16.5. The minimum absolute atomic E-state index is 0.0795. The van der Waals surface area contributed by atoms with Crippen molar-refractivity contribution in [1.82, 2.24) is 14.9 Å². The van der Waals surface area contributed by atoms with Gasteiger partial charge in [0.15, 0.2) is 0 Å². The van der Waals surface area contributed by atoms with Gasteiger partial charge in [-0.15, -0.1) is 0 Å². The van der Waals surface area contributed by atoms with Crippen molar-refractivity contribution in [1.29, 1.82) is 0 Å². The third-order valence-electron chi connectivity index (χ3n) is 5.88. The summed E-state index contributed by atoms with van der Waals surface area (Å²) in [5.74, 6) is 2.04. The molecule has 0 radical (unpaired) electrons. The fourth-order valence-corrected chi connectivity index (χ4v) is 4.11. The number of anilines is 1. The van der Waals surface area contributed by atoms with Crippen LogP contribution in [0.2, 0.25) is 0 Å². The number of piperidine rings is 1. The largest absolute Gasteiger partial charge is 0.378 e. The van der Waals surface area contributed by atoms with Gasteiger partial charge in [0.05, 0.1) is 13.2 Å². The molecule has 1 aromatic heterocycles. The summed E-state index contributed by atoms with van der Waals surface area (Å²) in [6.45, 7) is 7.20. The molecule has 0 aromatic carbocycles. The molecule has 2 aliphatic heterocycles. The van der Waals surface area contributed by atoms with Crippen molar-refractivity contribution in [3.05, 3.63) is 17.5 Å². The lowest BCUT2D eigenvalue weighted by Gasteiger charge is -2.33. The van der Waals surface area contributed by atoms with E-state index in [-0.39, 0.29) is 11.8 Å². The Labute approximate surface area is 149 Å². The summed E-state index contributed by atoms with van der Waals surface area (Å²) < 4.78 is 5.35. The summed E-state index contributed by atoms with van der Waals surface area (Å²) in [7, 11) is 0. The Kier molecular flexibility index (Phi) is 4.88. The molecule has 1 unspecified atom stereocenters. The van der Waals surface area contributed by atoms with Crippen LogP contribution in [-0.2, 0) is 22.4 Å². The number of carbonyl (C=O) groups is 1. The molecule has 1 aromatic rings. The van der Waals surface area contributed by atoms with Gasteiger partial charge >= 0.3 is 0 Å². The second-order valence-electron chi connectivity index (χ2n) is 7.69. The first-order chi connectivity index (χ1) is 12.2. The zero-order valence-corrected chi connectivity index (χ0v) is 15.1. The van der Waals surface area contributed by atoms with Crippen LogP contribution in [0.1, 0.15) is 37.4 Å². The first kappa shape index (κ1) is 16.8. The van der Waals surface area contributed by atoms with E-state index in [1.165, 1.54) is 12.8 Å². The van der Waals surface area contributed by atoms with Crippen LogP contribution in [0.25, 0.3) is 0 Å². The smallest absolute Gasteiger partial charge is 0.226 e. The van der Waals surface area contributed by atoms with Crippen LogP contribution in [0.15, 0.2) is 6.20 Å². The predicted molar refractivity (Wildman–Crippen MR) is 95.6 cm³/mol. The molecule has 0 spiro atoms. The second kappa shape index (κ2) is 7.28. The molecule has 136 valence electrons. The van der Waals surface area contributed by atoms with Gasteiger partial charge in [-0.1, -0.05) is 6.92 Å². The lowest BCUT2D eigenvalue weighted by Crippen LogP contribution is -2.45. The van der Waals surface area contributed by atoms with E-state index in [4.69, 9.17) is 9.72 Å². The molecule has 2 fully saturated rings. The number of nitrogens with zero attached hydrogens (tertiary/aromatic N) is 4. The molecule has 2 saturated heterocycles. The van der Waals surface area contributed by atoms with Crippen LogP contribution < -0.4 is 4.90 Å².